The molecule has 25 heavy (non-hydrogen) atoms. The number of hydrogen-bond acceptors (Lipinski definition) is 3. The summed E-state index contributed by atoms with van der Waals surface area (Å²) in [5.74, 6) is 1.42. The zero-order chi connectivity index (χ0) is 17.6. The summed E-state index contributed by atoms with van der Waals surface area (Å²) in [4.78, 5) is 0. The van der Waals surface area contributed by atoms with Crippen LogP contribution in [0.2, 0.25) is 0 Å². The Morgan fingerprint density at radius 3 is 2.68 bits per heavy atom. The third-order valence-electron chi connectivity index (χ3n) is 5.69. The molecule has 0 spiro atoms. The van der Waals surface area contributed by atoms with Gasteiger partial charge in [0.15, 0.2) is 0 Å². The Morgan fingerprint density at radius 2 is 1.92 bits per heavy atom. The SMILES string of the molecule is COc1ccc([C@H]2Nc3c(C)cc(C)cc3[C@H]3OCCC[C@@H]23)cc1C. The second kappa shape index (κ2) is 6.38. The van der Waals surface area contributed by atoms with Gasteiger partial charge < -0.3 is 14.8 Å². The van der Waals surface area contributed by atoms with Crippen molar-refractivity contribution in [3.8, 4) is 5.75 Å². The highest BCUT2D eigenvalue weighted by atomic mass is 16.5. The molecule has 2 heterocycles. The van der Waals surface area contributed by atoms with Crippen LogP contribution >= 0.6 is 0 Å². The van der Waals surface area contributed by atoms with Crippen LogP contribution in [0, 0.1) is 26.7 Å². The van der Waals surface area contributed by atoms with Gasteiger partial charge in [-0.05, 0) is 56.4 Å². The van der Waals surface area contributed by atoms with E-state index in [9.17, 15) is 0 Å². The normalized spacial score (nSPS) is 24.9. The molecule has 0 amide bonds. The van der Waals surface area contributed by atoms with Crippen molar-refractivity contribution in [2.75, 3.05) is 19.0 Å². The summed E-state index contributed by atoms with van der Waals surface area (Å²) in [5, 5.41) is 3.85. The standard InChI is InChI=1S/C22H27NO2/c1-13-10-15(3)20-18(11-13)22-17(6-5-9-25-22)21(23-20)16-7-8-19(24-4)14(2)12-16/h7-8,10-12,17,21-23H,5-6,9H2,1-4H3/t17-,21+,22-/m0/s1. The summed E-state index contributed by atoms with van der Waals surface area (Å²) in [7, 11) is 1.73. The van der Waals surface area contributed by atoms with E-state index in [0.717, 1.165) is 18.8 Å². The molecule has 0 saturated carbocycles. The summed E-state index contributed by atoms with van der Waals surface area (Å²) < 4.78 is 11.7. The fourth-order valence-corrected chi connectivity index (χ4v) is 4.58. The molecule has 2 aliphatic rings. The number of ether oxygens (including phenoxy) is 2. The van der Waals surface area contributed by atoms with Gasteiger partial charge in [0.1, 0.15) is 5.75 Å². The van der Waals surface area contributed by atoms with Crippen LogP contribution in [0.15, 0.2) is 30.3 Å². The van der Waals surface area contributed by atoms with Crippen LogP contribution in [-0.2, 0) is 4.74 Å². The first-order chi connectivity index (χ1) is 12.1. The van der Waals surface area contributed by atoms with Crippen molar-refractivity contribution < 1.29 is 9.47 Å². The molecule has 0 unspecified atom stereocenters. The number of aryl methyl sites for hydroxylation is 3. The molecule has 3 nitrogen and oxygen atoms in total. The van der Waals surface area contributed by atoms with Gasteiger partial charge >= 0.3 is 0 Å². The molecular weight excluding hydrogens is 310 g/mol. The number of hydrogen-bond donors (Lipinski definition) is 1. The molecule has 2 aromatic carbocycles. The Morgan fingerprint density at radius 1 is 1.08 bits per heavy atom. The largest absolute Gasteiger partial charge is 0.496 e. The second-order valence-electron chi connectivity index (χ2n) is 7.49. The van der Waals surface area contributed by atoms with Crippen molar-refractivity contribution >= 4 is 5.69 Å². The number of methoxy groups -OCH3 is 1. The first kappa shape index (κ1) is 16.5. The van der Waals surface area contributed by atoms with Crippen molar-refractivity contribution in [3.05, 3.63) is 58.1 Å². The fraction of sp³-hybridized carbons (Fsp3) is 0.455. The molecule has 132 valence electrons. The second-order valence-corrected chi connectivity index (χ2v) is 7.49. The fourth-order valence-electron chi connectivity index (χ4n) is 4.58. The molecule has 4 rings (SSSR count). The van der Waals surface area contributed by atoms with Gasteiger partial charge in [-0.2, -0.15) is 0 Å². The smallest absolute Gasteiger partial charge is 0.121 e. The Balaban J connectivity index is 1.79. The summed E-state index contributed by atoms with van der Waals surface area (Å²) in [6.45, 7) is 7.34. The van der Waals surface area contributed by atoms with Crippen molar-refractivity contribution in [2.24, 2.45) is 5.92 Å². The summed E-state index contributed by atoms with van der Waals surface area (Å²) in [6.07, 6.45) is 2.52. The molecule has 0 bridgehead atoms. The molecule has 3 atom stereocenters. The highest BCUT2D eigenvalue weighted by molar-refractivity contribution is 5.63. The molecule has 2 aliphatic heterocycles. The third kappa shape index (κ3) is 2.81. The van der Waals surface area contributed by atoms with Crippen molar-refractivity contribution in [2.45, 2.75) is 45.8 Å². The molecule has 0 radical (unpaired) electrons. The number of benzene rings is 2. The lowest BCUT2D eigenvalue weighted by Gasteiger charge is -2.44. The zero-order valence-electron chi connectivity index (χ0n) is 15.6. The van der Waals surface area contributed by atoms with E-state index in [1.807, 2.05) is 0 Å². The van der Waals surface area contributed by atoms with Gasteiger partial charge in [-0.3, -0.25) is 0 Å². The lowest BCUT2D eigenvalue weighted by molar-refractivity contribution is -0.0382. The first-order valence-corrected chi connectivity index (χ1v) is 9.22. The van der Waals surface area contributed by atoms with E-state index in [1.165, 1.54) is 39.9 Å². The van der Waals surface area contributed by atoms with E-state index in [0.29, 0.717) is 5.92 Å². The molecule has 0 aromatic heterocycles. The van der Waals surface area contributed by atoms with E-state index < -0.39 is 0 Å². The summed E-state index contributed by atoms with van der Waals surface area (Å²) >= 11 is 0. The maximum atomic E-state index is 6.28. The first-order valence-electron chi connectivity index (χ1n) is 9.22. The lowest BCUT2D eigenvalue weighted by Crippen LogP contribution is -2.36. The Hall–Kier alpha value is -2.00. The quantitative estimate of drug-likeness (QED) is 0.811. The van der Waals surface area contributed by atoms with Crippen LogP contribution in [0.1, 0.15) is 52.8 Å². The van der Waals surface area contributed by atoms with E-state index in [2.05, 4.69) is 56.4 Å². The van der Waals surface area contributed by atoms with Gasteiger partial charge in [0.2, 0.25) is 0 Å². The van der Waals surface area contributed by atoms with E-state index in [1.54, 1.807) is 7.11 Å². The number of fused-ring (bicyclic) bond motifs is 3. The lowest BCUT2D eigenvalue weighted by atomic mass is 9.76. The summed E-state index contributed by atoms with van der Waals surface area (Å²) in [5.41, 5.74) is 7.71. The average Bonchev–Trinajstić information content (AvgIpc) is 2.61. The van der Waals surface area contributed by atoms with Crippen LogP contribution in [0.4, 0.5) is 5.69 Å². The van der Waals surface area contributed by atoms with Crippen LogP contribution in [0.5, 0.6) is 5.75 Å². The van der Waals surface area contributed by atoms with Gasteiger partial charge in [0.05, 0.1) is 19.3 Å². The minimum Gasteiger partial charge on any atom is -0.496 e. The molecule has 2 aromatic rings. The third-order valence-corrected chi connectivity index (χ3v) is 5.69. The van der Waals surface area contributed by atoms with E-state index in [-0.39, 0.29) is 12.1 Å². The van der Waals surface area contributed by atoms with Crippen molar-refractivity contribution in [1.82, 2.24) is 0 Å². The van der Waals surface area contributed by atoms with Gasteiger partial charge in [0.25, 0.3) is 0 Å². The van der Waals surface area contributed by atoms with Crippen LogP contribution < -0.4 is 10.1 Å². The van der Waals surface area contributed by atoms with Crippen molar-refractivity contribution in [3.63, 3.8) is 0 Å². The Bertz CT molecular complexity index is 799. The van der Waals surface area contributed by atoms with E-state index >= 15 is 0 Å². The zero-order valence-corrected chi connectivity index (χ0v) is 15.6. The average molecular weight is 337 g/mol. The van der Waals surface area contributed by atoms with Gasteiger partial charge in [0, 0.05) is 23.8 Å². The highest BCUT2D eigenvalue weighted by Gasteiger charge is 2.40. The summed E-state index contributed by atoms with van der Waals surface area (Å²) in [6, 6.07) is 11.4. The monoisotopic (exact) mass is 337 g/mol. The Kier molecular flexibility index (Phi) is 4.20. The number of nitrogens with one attached hydrogen (secondary N) is 1. The maximum absolute atomic E-state index is 6.28. The number of rotatable bonds is 2. The van der Waals surface area contributed by atoms with Gasteiger partial charge in [-0.1, -0.05) is 29.8 Å². The van der Waals surface area contributed by atoms with E-state index in [4.69, 9.17) is 9.47 Å². The van der Waals surface area contributed by atoms with Gasteiger partial charge in [-0.15, -0.1) is 0 Å². The predicted octanol–water partition coefficient (Wildman–Crippen LogP) is 5.25. The van der Waals surface area contributed by atoms with Crippen LogP contribution in [0.3, 0.4) is 0 Å². The number of anilines is 1. The minimum absolute atomic E-state index is 0.191. The van der Waals surface area contributed by atoms with Gasteiger partial charge in [-0.25, -0.2) is 0 Å². The molecule has 3 heteroatoms. The molecule has 0 aliphatic carbocycles. The molecule has 1 N–H and O–H groups in total. The Labute approximate surface area is 150 Å². The molecular formula is C22H27NO2. The maximum Gasteiger partial charge on any atom is 0.121 e. The van der Waals surface area contributed by atoms with Crippen molar-refractivity contribution in [1.29, 1.82) is 0 Å². The minimum atomic E-state index is 0.191. The van der Waals surface area contributed by atoms with Crippen LogP contribution in [0.25, 0.3) is 0 Å². The van der Waals surface area contributed by atoms with Crippen LogP contribution in [-0.4, -0.2) is 13.7 Å². The topological polar surface area (TPSA) is 30.5 Å². The molecule has 1 saturated heterocycles. The highest BCUT2D eigenvalue weighted by Crippen LogP contribution is 2.50. The predicted molar refractivity (Wildman–Crippen MR) is 101 cm³/mol. The molecule has 1 fully saturated rings.